The van der Waals surface area contributed by atoms with Crippen molar-refractivity contribution in [3.63, 3.8) is 0 Å². The molecule has 2 heterocycles. The Morgan fingerprint density at radius 2 is 2.07 bits per heavy atom. The maximum absolute atomic E-state index is 6.24. The summed E-state index contributed by atoms with van der Waals surface area (Å²) in [4.78, 5) is 0. The number of aromatic amines is 1. The van der Waals surface area contributed by atoms with Crippen molar-refractivity contribution in [2.45, 2.75) is 19.4 Å². The van der Waals surface area contributed by atoms with E-state index < -0.39 is 0 Å². The molecule has 0 fully saturated rings. The van der Waals surface area contributed by atoms with Gasteiger partial charge in [0.15, 0.2) is 0 Å². The number of fused-ring (bicyclic) bond motifs is 1. The fraction of sp³-hybridized carbons (Fsp3) is 0.211. The van der Waals surface area contributed by atoms with Crippen LogP contribution in [-0.4, -0.2) is 33.0 Å². The lowest BCUT2D eigenvalue weighted by molar-refractivity contribution is 0.698. The van der Waals surface area contributed by atoms with Crippen LogP contribution < -0.4 is 11.1 Å². The minimum absolute atomic E-state index is 0.116. The van der Waals surface area contributed by atoms with Crippen molar-refractivity contribution in [3.8, 4) is 10.6 Å². The zero-order chi connectivity index (χ0) is 19.7. The van der Waals surface area contributed by atoms with Crippen LogP contribution in [0.4, 0.5) is 5.13 Å². The van der Waals surface area contributed by atoms with Crippen LogP contribution in [0.1, 0.15) is 11.1 Å². The first-order chi connectivity index (χ1) is 13.5. The molecule has 0 saturated carbocycles. The fourth-order valence-electron chi connectivity index (χ4n) is 2.99. The van der Waals surface area contributed by atoms with Gasteiger partial charge in [0, 0.05) is 33.6 Å². The summed E-state index contributed by atoms with van der Waals surface area (Å²) in [5.74, 6) is 0. The topological polar surface area (TPSA) is 92.5 Å². The van der Waals surface area contributed by atoms with Crippen LogP contribution in [0.2, 0.25) is 10.0 Å². The molecule has 1 unspecified atom stereocenters. The smallest absolute Gasteiger partial charge is 0.206 e. The summed E-state index contributed by atoms with van der Waals surface area (Å²) in [6.07, 6.45) is 2.45. The van der Waals surface area contributed by atoms with Gasteiger partial charge in [0.05, 0.1) is 11.7 Å². The number of rotatable bonds is 6. The number of nitrogens with two attached hydrogens (primary N) is 1. The van der Waals surface area contributed by atoms with E-state index in [2.05, 4.69) is 44.8 Å². The summed E-state index contributed by atoms with van der Waals surface area (Å²) < 4.78 is 0. The average Bonchev–Trinajstić information content (AvgIpc) is 3.30. The Labute approximate surface area is 176 Å². The summed E-state index contributed by atoms with van der Waals surface area (Å²) >= 11 is 13.7. The first-order valence-corrected chi connectivity index (χ1v) is 10.3. The van der Waals surface area contributed by atoms with E-state index in [0.29, 0.717) is 23.0 Å². The standard InChI is InChI=1S/C19H18Cl2N6S/c1-10-4-17-12(8-24-25-17)6-15(10)18-26-27-19(28-18)23-9-14(22)5-11-2-3-13(20)7-16(11)21/h2-4,6-8,14H,5,9,22H2,1H3,(H,23,27)(H,24,25). The Bertz CT molecular complexity index is 1120. The Balaban J connectivity index is 1.42. The molecule has 28 heavy (non-hydrogen) atoms. The third kappa shape index (κ3) is 4.12. The second-order valence-corrected chi connectivity index (χ2v) is 8.44. The van der Waals surface area contributed by atoms with Gasteiger partial charge in [0.1, 0.15) is 5.01 Å². The minimum Gasteiger partial charge on any atom is -0.359 e. The van der Waals surface area contributed by atoms with Gasteiger partial charge in [-0.1, -0.05) is 40.6 Å². The average molecular weight is 433 g/mol. The highest BCUT2D eigenvalue weighted by Crippen LogP contribution is 2.31. The zero-order valence-corrected chi connectivity index (χ0v) is 17.4. The maximum atomic E-state index is 6.24. The van der Waals surface area contributed by atoms with E-state index >= 15 is 0 Å². The van der Waals surface area contributed by atoms with E-state index in [0.717, 1.165) is 37.7 Å². The molecule has 0 radical (unpaired) electrons. The number of aromatic nitrogens is 4. The quantitative estimate of drug-likeness (QED) is 0.411. The fourth-order valence-corrected chi connectivity index (χ4v) is 4.31. The number of benzene rings is 2. The largest absolute Gasteiger partial charge is 0.359 e. The highest BCUT2D eigenvalue weighted by molar-refractivity contribution is 7.18. The highest BCUT2D eigenvalue weighted by atomic mass is 35.5. The minimum atomic E-state index is -0.116. The summed E-state index contributed by atoms with van der Waals surface area (Å²) in [6, 6.07) is 9.48. The molecule has 1 atom stereocenters. The van der Waals surface area contributed by atoms with Crippen molar-refractivity contribution in [1.29, 1.82) is 0 Å². The summed E-state index contributed by atoms with van der Waals surface area (Å²) in [5.41, 5.74) is 10.4. The summed E-state index contributed by atoms with van der Waals surface area (Å²) in [7, 11) is 0. The zero-order valence-electron chi connectivity index (χ0n) is 15.0. The lowest BCUT2D eigenvalue weighted by Crippen LogP contribution is -2.31. The van der Waals surface area contributed by atoms with Gasteiger partial charge in [0.2, 0.25) is 5.13 Å². The van der Waals surface area contributed by atoms with Crippen LogP contribution in [-0.2, 0) is 6.42 Å². The molecule has 2 aromatic heterocycles. The number of halogens is 2. The number of aryl methyl sites for hydroxylation is 1. The van der Waals surface area contributed by atoms with Gasteiger partial charge in [-0.3, -0.25) is 5.10 Å². The Hall–Kier alpha value is -2.19. The van der Waals surface area contributed by atoms with E-state index in [4.69, 9.17) is 28.9 Å². The Kier molecular flexibility index (Phi) is 5.50. The van der Waals surface area contributed by atoms with E-state index in [1.54, 1.807) is 12.3 Å². The molecule has 2 aromatic carbocycles. The maximum Gasteiger partial charge on any atom is 0.206 e. The van der Waals surface area contributed by atoms with Gasteiger partial charge < -0.3 is 11.1 Å². The molecule has 0 aliphatic rings. The number of nitrogens with zero attached hydrogens (tertiary/aromatic N) is 3. The van der Waals surface area contributed by atoms with Crippen LogP contribution in [0.25, 0.3) is 21.5 Å². The van der Waals surface area contributed by atoms with Crippen molar-refractivity contribution in [1.82, 2.24) is 20.4 Å². The number of hydrogen-bond acceptors (Lipinski definition) is 6. The van der Waals surface area contributed by atoms with Gasteiger partial charge in [-0.25, -0.2) is 0 Å². The number of hydrogen-bond donors (Lipinski definition) is 3. The molecule has 0 amide bonds. The van der Waals surface area contributed by atoms with Crippen molar-refractivity contribution in [2.24, 2.45) is 5.73 Å². The number of anilines is 1. The molecule has 4 N–H and O–H groups in total. The van der Waals surface area contributed by atoms with Crippen molar-refractivity contribution in [2.75, 3.05) is 11.9 Å². The predicted octanol–water partition coefficient (Wildman–Crippen LogP) is 4.68. The normalized spacial score (nSPS) is 12.4. The van der Waals surface area contributed by atoms with Gasteiger partial charge >= 0.3 is 0 Å². The van der Waals surface area contributed by atoms with Crippen LogP contribution >= 0.6 is 34.5 Å². The molecule has 0 bridgehead atoms. The molecule has 4 aromatic rings. The molecular formula is C19H18Cl2N6S. The first kappa shape index (κ1) is 19.1. The molecule has 0 saturated heterocycles. The van der Waals surface area contributed by atoms with E-state index in [1.807, 2.05) is 12.1 Å². The van der Waals surface area contributed by atoms with E-state index in [9.17, 15) is 0 Å². The molecule has 0 aliphatic heterocycles. The van der Waals surface area contributed by atoms with Crippen molar-refractivity contribution < 1.29 is 0 Å². The third-order valence-electron chi connectivity index (χ3n) is 4.45. The third-order valence-corrected chi connectivity index (χ3v) is 5.95. The van der Waals surface area contributed by atoms with Crippen LogP contribution in [0, 0.1) is 6.92 Å². The molecule has 6 nitrogen and oxygen atoms in total. The molecule has 0 aliphatic carbocycles. The molecule has 9 heteroatoms. The van der Waals surface area contributed by atoms with E-state index in [-0.39, 0.29) is 6.04 Å². The SMILES string of the molecule is Cc1cc2[nH]ncc2cc1-c1nnc(NCC(N)Cc2ccc(Cl)cc2Cl)s1. The van der Waals surface area contributed by atoms with Gasteiger partial charge in [0.25, 0.3) is 0 Å². The van der Waals surface area contributed by atoms with Crippen LogP contribution in [0.5, 0.6) is 0 Å². The van der Waals surface area contributed by atoms with E-state index in [1.165, 1.54) is 11.3 Å². The van der Waals surface area contributed by atoms with Gasteiger partial charge in [-0.2, -0.15) is 5.10 Å². The molecule has 0 spiro atoms. The second kappa shape index (κ2) is 8.05. The molecule has 4 rings (SSSR count). The number of nitrogens with one attached hydrogen (secondary N) is 2. The monoisotopic (exact) mass is 432 g/mol. The second-order valence-electron chi connectivity index (χ2n) is 6.62. The van der Waals surface area contributed by atoms with Crippen molar-refractivity contribution in [3.05, 3.63) is 57.7 Å². The Morgan fingerprint density at radius 1 is 1.21 bits per heavy atom. The highest BCUT2D eigenvalue weighted by Gasteiger charge is 2.13. The lowest BCUT2D eigenvalue weighted by Gasteiger charge is -2.13. The Morgan fingerprint density at radius 3 is 2.89 bits per heavy atom. The summed E-state index contributed by atoms with van der Waals surface area (Å²) in [6.45, 7) is 2.61. The first-order valence-electron chi connectivity index (χ1n) is 8.70. The van der Waals surface area contributed by atoms with Gasteiger partial charge in [-0.05, 0) is 48.7 Å². The molecule has 144 valence electrons. The van der Waals surface area contributed by atoms with Crippen LogP contribution in [0.15, 0.2) is 36.5 Å². The van der Waals surface area contributed by atoms with Crippen LogP contribution in [0.3, 0.4) is 0 Å². The van der Waals surface area contributed by atoms with Crippen molar-refractivity contribution >= 4 is 50.6 Å². The predicted molar refractivity (Wildman–Crippen MR) is 116 cm³/mol. The van der Waals surface area contributed by atoms with Gasteiger partial charge in [-0.15, -0.1) is 10.2 Å². The summed E-state index contributed by atoms with van der Waals surface area (Å²) in [5, 5.41) is 22.8. The molecular weight excluding hydrogens is 415 g/mol. The number of H-pyrrole nitrogens is 1. The lowest BCUT2D eigenvalue weighted by atomic mass is 10.1.